The van der Waals surface area contributed by atoms with Gasteiger partial charge in [0.1, 0.15) is 0 Å². The van der Waals surface area contributed by atoms with Crippen LogP contribution in [-0.4, -0.2) is 6.43 Å². The summed E-state index contributed by atoms with van der Waals surface area (Å²) in [5.41, 5.74) is 0. The summed E-state index contributed by atoms with van der Waals surface area (Å²) < 4.78 is 25.0. The fourth-order valence-electron chi connectivity index (χ4n) is 5.31. The van der Waals surface area contributed by atoms with Crippen LogP contribution >= 0.6 is 0 Å². The molecule has 2 rings (SSSR count). The van der Waals surface area contributed by atoms with Crippen molar-refractivity contribution >= 4 is 0 Å². The van der Waals surface area contributed by atoms with E-state index in [-0.39, 0.29) is 6.42 Å². The molecule has 2 aliphatic rings. The molecule has 0 aromatic carbocycles. The molecule has 2 heteroatoms. The van der Waals surface area contributed by atoms with E-state index in [0.29, 0.717) is 5.92 Å². The quantitative estimate of drug-likeness (QED) is 0.353. The lowest BCUT2D eigenvalue weighted by molar-refractivity contribution is 0.0832. The van der Waals surface area contributed by atoms with E-state index in [1.54, 1.807) is 0 Å². The molecule has 2 saturated carbocycles. The van der Waals surface area contributed by atoms with Gasteiger partial charge < -0.3 is 0 Å². The highest BCUT2D eigenvalue weighted by Gasteiger charge is 2.31. The van der Waals surface area contributed by atoms with Crippen molar-refractivity contribution in [2.45, 2.75) is 116 Å². The maximum Gasteiger partial charge on any atom is 0.238 e. The van der Waals surface area contributed by atoms with Crippen LogP contribution < -0.4 is 0 Å². The third-order valence-corrected chi connectivity index (χ3v) is 6.93. The summed E-state index contributed by atoms with van der Waals surface area (Å²) >= 11 is 0. The molecule has 142 valence electrons. The highest BCUT2D eigenvalue weighted by Crippen LogP contribution is 2.43. The van der Waals surface area contributed by atoms with E-state index in [2.05, 4.69) is 6.92 Å². The summed E-state index contributed by atoms with van der Waals surface area (Å²) in [5.74, 6) is 3.07. The van der Waals surface area contributed by atoms with Crippen molar-refractivity contribution in [1.29, 1.82) is 0 Å². The van der Waals surface area contributed by atoms with Gasteiger partial charge >= 0.3 is 0 Å². The minimum Gasteiger partial charge on any atom is -0.211 e. The predicted octanol–water partition coefficient (Wildman–Crippen LogP) is 8.01. The van der Waals surface area contributed by atoms with E-state index < -0.39 is 6.43 Å². The molecule has 0 N–H and O–H groups in total. The molecule has 0 nitrogen and oxygen atoms in total. The Balaban J connectivity index is 1.53. The van der Waals surface area contributed by atoms with Gasteiger partial charge in [0, 0.05) is 6.42 Å². The third kappa shape index (κ3) is 7.40. The van der Waals surface area contributed by atoms with Crippen LogP contribution in [0.2, 0.25) is 0 Å². The standard InChI is InChI=1S/C22H40F2/c1-2-3-4-5-6-7-8-18-9-13-20(14-10-18)21-15-11-19(12-16-21)17-22(23)24/h18-22H,2-17H2,1H3/t18-,19-,20-,21-. The normalized spacial score (nSPS) is 31.5. The zero-order chi connectivity index (χ0) is 17.2. The van der Waals surface area contributed by atoms with Crippen molar-refractivity contribution in [1.82, 2.24) is 0 Å². The molecule has 0 aromatic heterocycles. The molecular weight excluding hydrogens is 302 g/mol. The lowest BCUT2D eigenvalue weighted by Crippen LogP contribution is -2.26. The minimum absolute atomic E-state index is 0.151. The maximum absolute atomic E-state index is 12.5. The van der Waals surface area contributed by atoms with Crippen LogP contribution in [0.4, 0.5) is 8.78 Å². The van der Waals surface area contributed by atoms with E-state index in [1.165, 1.54) is 83.5 Å². The summed E-state index contributed by atoms with van der Waals surface area (Å²) in [5, 5.41) is 0. The van der Waals surface area contributed by atoms with Crippen molar-refractivity contribution in [3.05, 3.63) is 0 Å². The molecule has 0 spiro atoms. The van der Waals surface area contributed by atoms with Crippen LogP contribution in [0.3, 0.4) is 0 Å². The summed E-state index contributed by atoms with van der Waals surface area (Å²) in [4.78, 5) is 0. The second-order valence-corrected chi connectivity index (χ2v) is 8.74. The second kappa shape index (κ2) is 11.5. The van der Waals surface area contributed by atoms with E-state index in [9.17, 15) is 8.78 Å². The van der Waals surface area contributed by atoms with Crippen LogP contribution in [0.5, 0.6) is 0 Å². The molecule has 0 radical (unpaired) electrons. The molecule has 0 aromatic rings. The van der Waals surface area contributed by atoms with Crippen molar-refractivity contribution in [2.75, 3.05) is 0 Å². The SMILES string of the molecule is CCCCCCCC[C@H]1CC[C@H]([C@H]2CC[C@H](CC(F)F)CC2)CC1. The van der Waals surface area contributed by atoms with E-state index >= 15 is 0 Å². The fourth-order valence-corrected chi connectivity index (χ4v) is 5.31. The first-order valence-corrected chi connectivity index (χ1v) is 11.0. The van der Waals surface area contributed by atoms with Gasteiger partial charge in [-0.15, -0.1) is 0 Å². The van der Waals surface area contributed by atoms with Gasteiger partial charge in [0.25, 0.3) is 0 Å². The van der Waals surface area contributed by atoms with Gasteiger partial charge in [0.05, 0.1) is 0 Å². The lowest BCUT2D eigenvalue weighted by atomic mass is 9.68. The summed E-state index contributed by atoms with van der Waals surface area (Å²) in [6.07, 6.45) is 18.3. The van der Waals surface area contributed by atoms with Gasteiger partial charge in [-0.05, 0) is 62.2 Å². The van der Waals surface area contributed by atoms with Crippen LogP contribution in [0.15, 0.2) is 0 Å². The number of hydrogen-bond donors (Lipinski definition) is 0. The van der Waals surface area contributed by atoms with Crippen LogP contribution in [0.25, 0.3) is 0 Å². The fraction of sp³-hybridized carbons (Fsp3) is 1.00. The van der Waals surface area contributed by atoms with Crippen LogP contribution in [0, 0.1) is 23.7 Å². The Morgan fingerprint density at radius 1 is 0.667 bits per heavy atom. The van der Waals surface area contributed by atoms with Gasteiger partial charge in [-0.25, -0.2) is 8.78 Å². The molecule has 0 atom stereocenters. The van der Waals surface area contributed by atoms with Gasteiger partial charge in [-0.2, -0.15) is 0 Å². The first-order chi connectivity index (χ1) is 11.7. The first-order valence-electron chi connectivity index (χ1n) is 11.0. The number of rotatable bonds is 10. The van der Waals surface area contributed by atoms with Crippen molar-refractivity contribution in [2.24, 2.45) is 23.7 Å². The molecule has 0 saturated heterocycles. The van der Waals surface area contributed by atoms with Crippen LogP contribution in [-0.2, 0) is 0 Å². The van der Waals surface area contributed by atoms with Crippen molar-refractivity contribution in [3.8, 4) is 0 Å². The van der Waals surface area contributed by atoms with Gasteiger partial charge in [0.2, 0.25) is 6.43 Å². The Kier molecular flexibility index (Phi) is 9.64. The molecule has 0 unspecified atom stereocenters. The largest absolute Gasteiger partial charge is 0.238 e. The molecule has 0 bridgehead atoms. The van der Waals surface area contributed by atoms with Crippen molar-refractivity contribution < 1.29 is 8.78 Å². The maximum atomic E-state index is 12.5. The number of alkyl halides is 2. The average molecular weight is 343 g/mol. The minimum atomic E-state index is -2.09. The molecular formula is C22H40F2. The monoisotopic (exact) mass is 342 g/mol. The molecule has 0 aliphatic heterocycles. The summed E-state index contributed by atoms with van der Waals surface area (Å²) in [6.45, 7) is 2.28. The second-order valence-electron chi connectivity index (χ2n) is 8.74. The predicted molar refractivity (Wildman–Crippen MR) is 99.5 cm³/mol. The highest BCUT2D eigenvalue weighted by molar-refractivity contribution is 4.82. The number of unbranched alkanes of at least 4 members (excludes halogenated alkanes) is 5. The Morgan fingerprint density at radius 2 is 1.17 bits per heavy atom. The summed E-state index contributed by atoms with van der Waals surface area (Å²) in [6, 6.07) is 0. The van der Waals surface area contributed by atoms with E-state index in [1.807, 2.05) is 0 Å². The Bertz CT molecular complexity index is 299. The number of hydrogen-bond acceptors (Lipinski definition) is 0. The molecule has 2 aliphatic carbocycles. The smallest absolute Gasteiger partial charge is 0.211 e. The van der Waals surface area contributed by atoms with E-state index in [0.717, 1.165) is 30.6 Å². The molecule has 24 heavy (non-hydrogen) atoms. The van der Waals surface area contributed by atoms with Gasteiger partial charge in [-0.3, -0.25) is 0 Å². The zero-order valence-electron chi connectivity index (χ0n) is 16.0. The van der Waals surface area contributed by atoms with Crippen LogP contribution in [0.1, 0.15) is 110 Å². The first kappa shape index (κ1) is 20.2. The average Bonchev–Trinajstić information content (AvgIpc) is 2.59. The van der Waals surface area contributed by atoms with Gasteiger partial charge in [0.15, 0.2) is 0 Å². The highest BCUT2D eigenvalue weighted by atomic mass is 19.3. The lowest BCUT2D eigenvalue weighted by Gasteiger charge is -2.38. The Morgan fingerprint density at radius 3 is 1.71 bits per heavy atom. The molecule has 0 heterocycles. The third-order valence-electron chi connectivity index (χ3n) is 6.93. The summed E-state index contributed by atoms with van der Waals surface area (Å²) in [7, 11) is 0. The number of halogens is 2. The van der Waals surface area contributed by atoms with E-state index in [4.69, 9.17) is 0 Å². The van der Waals surface area contributed by atoms with Crippen molar-refractivity contribution in [3.63, 3.8) is 0 Å². The Labute approximate surface area is 149 Å². The Hall–Kier alpha value is -0.140. The topological polar surface area (TPSA) is 0 Å². The molecule has 2 fully saturated rings. The van der Waals surface area contributed by atoms with Gasteiger partial charge in [-0.1, -0.05) is 64.7 Å². The zero-order valence-corrected chi connectivity index (χ0v) is 16.0. The molecule has 0 amide bonds.